The van der Waals surface area contributed by atoms with Crippen molar-refractivity contribution in [3.63, 3.8) is 0 Å². The van der Waals surface area contributed by atoms with E-state index in [1.54, 1.807) is 24.4 Å². The number of amides is 1. The molecule has 0 fully saturated rings. The quantitative estimate of drug-likeness (QED) is 0.752. The first kappa shape index (κ1) is 14.0. The maximum atomic E-state index is 13.1. The predicted octanol–water partition coefficient (Wildman–Crippen LogP) is 3.43. The Hall–Kier alpha value is -2.95. The number of fused-ring (bicyclic) bond motifs is 1. The van der Waals surface area contributed by atoms with Crippen LogP contribution in [0.3, 0.4) is 0 Å². The molecule has 1 N–H and O–H groups in total. The standard InChI is InChI=1S/C17H14FN3O/c1-12-15(6-7-16-19-9-10-21(12)16)20-17(22)8-5-13-3-2-4-14(18)11-13/h2-11H,1H3,(H,20,22)/b8-5+. The number of halogens is 1. The largest absolute Gasteiger partial charge is 0.321 e. The molecule has 0 atom stereocenters. The summed E-state index contributed by atoms with van der Waals surface area (Å²) in [5.74, 6) is -0.601. The van der Waals surface area contributed by atoms with Crippen molar-refractivity contribution in [1.29, 1.82) is 0 Å². The van der Waals surface area contributed by atoms with Crippen LogP contribution in [0.4, 0.5) is 10.1 Å². The van der Waals surface area contributed by atoms with Gasteiger partial charge in [-0.2, -0.15) is 0 Å². The van der Waals surface area contributed by atoms with E-state index in [2.05, 4.69) is 10.3 Å². The van der Waals surface area contributed by atoms with Gasteiger partial charge in [0.1, 0.15) is 11.5 Å². The number of anilines is 1. The first-order chi connectivity index (χ1) is 10.6. The molecular weight excluding hydrogens is 281 g/mol. The molecule has 1 amide bonds. The van der Waals surface area contributed by atoms with E-state index < -0.39 is 0 Å². The van der Waals surface area contributed by atoms with Gasteiger partial charge in [0.2, 0.25) is 5.91 Å². The molecule has 0 saturated heterocycles. The fourth-order valence-electron chi connectivity index (χ4n) is 2.22. The Morgan fingerprint density at radius 3 is 3.00 bits per heavy atom. The Kier molecular flexibility index (Phi) is 3.70. The summed E-state index contributed by atoms with van der Waals surface area (Å²) in [5, 5.41) is 2.81. The van der Waals surface area contributed by atoms with Crippen molar-refractivity contribution in [2.24, 2.45) is 0 Å². The van der Waals surface area contributed by atoms with Crippen LogP contribution in [0.1, 0.15) is 11.3 Å². The number of rotatable bonds is 3. The van der Waals surface area contributed by atoms with Gasteiger partial charge in [-0.25, -0.2) is 9.37 Å². The van der Waals surface area contributed by atoms with E-state index in [-0.39, 0.29) is 11.7 Å². The average molecular weight is 295 g/mol. The maximum Gasteiger partial charge on any atom is 0.248 e. The molecule has 0 radical (unpaired) electrons. The highest BCUT2D eigenvalue weighted by Gasteiger charge is 2.05. The van der Waals surface area contributed by atoms with Crippen LogP contribution in [0.2, 0.25) is 0 Å². The SMILES string of the molecule is Cc1c(NC(=O)/C=C/c2cccc(F)c2)ccc2nccn12. The molecule has 0 aliphatic rings. The summed E-state index contributed by atoms with van der Waals surface area (Å²) in [6.07, 6.45) is 6.50. The highest BCUT2D eigenvalue weighted by Crippen LogP contribution is 2.16. The summed E-state index contributed by atoms with van der Waals surface area (Å²) < 4.78 is 15.0. The van der Waals surface area contributed by atoms with Gasteiger partial charge >= 0.3 is 0 Å². The van der Waals surface area contributed by atoms with Crippen molar-refractivity contribution in [2.45, 2.75) is 6.92 Å². The van der Waals surface area contributed by atoms with Crippen LogP contribution < -0.4 is 5.32 Å². The molecule has 2 aromatic heterocycles. The lowest BCUT2D eigenvalue weighted by Crippen LogP contribution is -2.10. The third-order valence-electron chi connectivity index (χ3n) is 3.35. The summed E-state index contributed by atoms with van der Waals surface area (Å²) in [4.78, 5) is 16.2. The number of imidazole rings is 1. The molecule has 0 spiro atoms. The Morgan fingerprint density at radius 1 is 1.32 bits per heavy atom. The number of nitrogens with one attached hydrogen (secondary N) is 1. The second-order valence-corrected chi connectivity index (χ2v) is 4.87. The van der Waals surface area contributed by atoms with Crippen molar-refractivity contribution >= 4 is 23.3 Å². The van der Waals surface area contributed by atoms with E-state index in [1.807, 2.05) is 29.7 Å². The molecule has 2 heterocycles. The Morgan fingerprint density at radius 2 is 2.18 bits per heavy atom. The van der Waals surface area contributed by atoms with Gasteiger partial charge in [0, 0.05) is 24.2 Å². The fraction of sp³-hybridized carbons (Fsp3) is 0.0588. The van der Waals surface area contributed by atoms with Gasteiger partial charge in [-0.05, 0) is 42.8 Å². The second kappa shape index (κ2) is 5.81. The topological polar surface area (TPSA) is 46.4 Å². The number of carbonyl (C=O) groups excluding carboxylic acids is 1. The molecule has 0 bridgehead atoms. The summed E-state index contributed by atoms with van der Waals surface area (Å²) in [7, 11) is 0. The van der Waals surface area contributed by atoms with Gasteiger partial charge in [0.15, 0.2) is 0 Å². The normalized spacial score (nSPS) is 11.2. The van der Waals surface area contributed by atoms with E-state index in [4.69, 9.17) is 0 Å². The summed E-state index contributed by atoms with van der Waals surface area (Å²) in [5.41, 5.74) is 3.06. The van der Waals surface area contributed by atoms with Crippen LogP contribution >= 0.6 is 0 Å². The molecule has 0 aliphatic heterocycles. The van der Waals surface area contributed by atoms with Crippen LogP contribution in [-0.2, 0) is 4.79 Å². The van der Waals surface area contributed by atoms with Gasteiger partial charge in [0.05, 0.1) is 5.69 Å². The van der Waals surface area contributed by atoms with Gasteiger partial charge in [-0.1, -0.05) is 12.1 Å². The molecule has 3 rings (SSSR count). The average Bonchev–Trinajstić information content (AvgIpc) is 2.98. The molecule has 0 saturated carbocycles. The van der Waals surface area contributed by atoms with Crippen molar-refractivity contribution < 1.29 is 9.18 Å². The fourth-order valence-corrected chi connectivity index (χ4v) is 2.22. The number of aromatic nitrogens is 2. The molecule has 110 valence electrons. The highest BCUT2D eigenvalue weighted by molar-refractivity contribution is 6.02. The zero-order valence-electron chi connectivity index (χ0n) is 12.0. The van der Waals surface area contributed by atoms with E-state index in [0.29, 0.717) is 11.3 Å². The summed E-state index contributed by atoms with van der Waals surface area (Å²) >= 11 is 0. The first-order valence-corrected chi connectivity index (χ1v) is 6.81. The zero-order valence-corrected chi connectivity index (χ0v) is 12.0. The third kappa shape index (κ3) is 2.88. The van der Waals surface area contributed by atoms with Crippen LogP contribution in [0.25, 0.3) is 11.7 Å². The third-order valence-corrected chi connectivity index (χ3v) is 3.35. The molecule has 4 nitrogen and oxygen atoms in total. The minimum atomic E-state index is -0.330. The lowest BCUT2D eigenvalue weighted by molar-refractivity contribution is -0.111. The number of hydrogen-bond acceptors (Lipinski definition) is 2. The molecule has 1 aromatic carbocycles. The molecular formula is C17H14FN3O. The molecule has 3 aromatic rings. The van der Waals surface area contributed by atoms with Crippen molar-refractivity contribution in [3.05, 3.63) is 71.9 Å². The van der Waals surface area contributed by atoms with Gasteiger partial charge in [-0.3, -0.25) is 4.79 Å². The van der Waals surface area contributed by atoms with Crippen molar-refractivity contribution in [1.82, 2.24) is 9.38 Å². The molecule has 0 aliphatic carbocycles. The number of benzene rings is 1. The monoisotopic (exact) mass is 295 g/mol. The van der Waals surface area contributed by atoms with E-state index in [1.165, 1.54) is 18.2 Å². The van der Waals surface area contributed by atoms with Crippen LogP contribution in [0.5, 0.6) is 0 Å². The van der Waals surface area contributed by atoms with Gasteiger partial charge in [-0.15, -0.1) is 0 Å². The number of nitrogens with zero attached hydrogens (tertiary/aromatic N) is 2. The first-order valence-electron chi connectivity index (χ1n) is 6.81. The Labute approximate surface area is 126 Å². The van der Waals surface area contributed by atoms with Crippen LogP contribution in [-0.4, -0.2) is 15.3 Å². The predicted molar refractivity (Wildman–Crippen MR) is 84.0 cm³/mol. The Bertz CT molecular complexity index is 867. The number of aryl methyl sites for hydroxylation is 1. The van der Waals surface area contributed by atoms with E-state index in [0.717, 1.165) is 11.3 Å². The van der Waals surface area contributed by atoms with E-state index >= 15 is 0 Å². The zero-order chi connectivity index (χ0) is 15.5. The second-order valence-electron chi connectivity index (χ2n) is 4.87. The summed E-state index contributed by atoms with van der Waals surface area (Å²) in [6, 6.07) is 9.71. The number of carbonyl (C=O) groups is 1. The highest BCUT2D eigenvalue weighted by atomic mass is 19.1. The van der Waals surface area contributed by atoms with Gasteiger partial charge < -0.3 is 9.72 Å². The number of pyridine rings is 1. The lowest BCUT2D eigenvalue weighted by Gasteiger charge is -2.08. The van der Waals surface area contributed by atoms with Crippen LogP contribution in [0.15, 0.2) is 54.9 Å². The Balaban J connectivity index is 1.77. The molecule has 22 heavy (non-hydrogen) atoms. The van der Waals surface area contributed by atoms with Crippen molar-refractivity contribution in [2.75, 3.05) is 5.32 Å². The molecule has 5 heteroatoms. The van der Waals surface area contributed by atoms with Gasteiger partial charge in [0.25, 0.3) is 0 Å². The van der Waals surface area contributed by atoms with Crippen LogP contribution in [0, 0.1) is 12.7 Å². The minimum Gasteiger partial charge on any atom is -0.321 e. The lowest BCUT2D eigenvalue weighted by atomic mass is 10.2. The smallest absolute Gasteiger partial charge is 0.248 e. The molecule has 0 unspecified atom stereocenters. The minimum absolute atomic E-state index is 0.271. The van der Waals surface area contributed by atoms with E-state index in [9.17, 15) is 9.18 Å². The summed E-state index contributed by atoms with van der Waals surface area (Å²) in [6.45, 7) is 1.90. The van der Waals surface area contributed by atoms with Crippen molar-refractivity contribution in [3.8, 4) is 0 Å². The number of hydrogen-bond donors (Lipinski definition) is 1. The maximum absolute atomic E-state index is 13.1.